The third-order valence-electron chi connectivity index (χ3n) is 3.42. The summed E-state index contributed by atoms with van der Waals surface area (Å²) in [5.41, 5.74) is -0.324. The van der Waals surface area contributed by atoms with E-state index >= 15 is 0 Å². The van der Waals surface area contributed by atoms with Gasteiger partial charge in [0.25, 0.3) is 0 Å². The van der Waals surface area contributed by atoms with Gasteiger partial charge in [0.05, 0.1) is 6.07 Å². The smallest absolute Gasteiger partial charge is 0.407 e. The van der Waals surface area contributed by atoms with Gasteiger partial charge in [-0.15, -0.1) is 0 Å². The second-order valence-electron chi connectivity index (χ2n) is 6.57. The molecule has 0 aliphatic heterocycles. The number of nitrogens with one attached hydrogen (secondary N) is 1. The lowest BCUT2D eigenvalue weighted by Gasteiger charge is -2.36. The maximum atomic E-state index is 11.6. The zero-order valence-corrected chi connectivity index (χ0v) is 11.9. The first-order chi connectivity index (χ1) is 8.24. The lowest BCUT2D eigenvalue weighted by Crippen LogP contribution is -2.42. The molecule has 0 spiro atoms. The Morgan fingerprint density at radius 2 is 2.00 bits per heavy atom. The van der Waals surface area contributed by atoms with Crippen molar-refractivity contribution in [1.82, 2.24) is 5.32 Å². The van der Waals surface area contributed by atoms with Crippen LogP contribution in [0.2, 0.25) is 0 Å². The number of alkyl carbamates (subject to hydrolysis) is 1. The molecule has 0 unspecified atom stereocenters. The summed E-state index contributed by atoms with van der Waals surface area (Å²) in [6.45, 7) is 7.73. The van der Waals surface area contributed by atoms with Gasteiger partial charge in [0.15, 0.2) is 0 Å². The summed E-state index contributed by atoms with van der Waals surface area (Å²) in [5, 5.41) is 11.7. The number of carbonyl (C=O) groups excluding carboxylic acids is 1. The number of hydrogen-bond acceptors (Lipinski definition) is 3. The number of hydrogen-bond donors (Lipinski definition) is 1. The van der Waals surface area contributed by atoms with Crippen molar-refractivity contribution < 1.29 is 9.53 Å². The normalized spacial score (nSPS) is 28.3. The van der Waals surface area contributed by atoms with E-state index in [0.717, 1.165) is 25.7 Å². The zero-order chi connectivity index (χ0) is 13.8. The van der Waals surface area contributed by atoms with E-state index in [0.29, 0.717) is 6.42 Å². The summed E-state index contributed by atoms with van der Waals surface area (Å²) in [7, 11) is 0. The van der Waals surface area contributed by atoms with Gasteiger partial charge in [0.2, 0.25) is 0 Å². The molecule has 4 heteroatoms. The van der Waals surface area contributed by atoms with Gasteiger partial charge in [0, 0.05) is 12.5 Å². The molecule has 4 nitrogen and oxygen atoms in total. The lowest BCUT2D eigenvalue weighted by molar-refractivity contribution is 0.0473. The molecule has 0 saturated heterocycles. The Balaban J connectivity index is 2.36. The molecule has 1 amide bonds. The van der Waals surface area contributed by atoms with Crippen LogP contribution in [0.1, 0.15) is 59.8 Å². The Kier molecular flexibility index (Phi) is 4.61. The number of ether oxygens (including phenoxy) is 1. The van der Waals surface area contributed by atoms with E-state index in [1.165, 1.54) is 0 Å². The van der Waals surface area contributed by atoms with Gasteiger partial charge in [-0.1, -0.05) is 6.92 Å². The first kappa shape index (κ1) is 14.8. The highest BCUT2D eigenvalue weighted by atomic mass is 16.6. The predicted octanol–water partition coefficient (Wildman–Crippen LogP) is 3.37. The second kappa shape index (κ2) is 5.60. The number of nitriles is 1. The molecule has 18 heavy (non-hydrogen) atoms. The molecule has 0 aromatic carbocycles. The van der Waals surface area contributed by atoms with Crippen molar-refractivity contribution in [3.63, 3.8) is 0 Å². The van der Waals surface area contributed by atoms with Crippen molar-refractivity contribution in [2.45, 2.75) is 71.4 Å². The monoisotopic (exact) mass is 252 g/mol. The van der Waals surface area contributed by atoms with Gasteiger partial charge in [0.1, 0.15) is 5.60 Å². The van der Waals surface area contributed by atoms with Crippen LogP contribution in [0.25, 0.3) is 0 Å². The van der Waals surface area contributed by atoms with E-state index in [2.05, 4.69) is 18.3 Å². The fraction of sp³-hybridized carbons (Fsp3) is 0.857. The molecular formula is C14H24N2O2. The van der Waals surface area contributed by atoms with Gasteiger partial charge in [-0.2, -0.15) is 5.26 Å². The molecule has 0 aromatic heterocycles. The first-order valence-corrected chi connectivity index (χ1v) is 6.61. The van der Waals surface area contributed by atoms with Crippen molar-refractivity contribution in [1.29, 1.82) is 5.26 Å². The minimum absolute atomic E-state index is 0.126. The number of amides is 1. The van der Waals surface area contributed by atoms with Crippen LogP contribution in [-0.4, -0.2) is 17.7 Å². The van der Waals surface area contributed by atoms with Gasteiger partial charge in [-0.3, -0.25) is 0 Å². The highest BCUT2D eigenvalue weighted by Gasteiger charge is 2.32. The Bertz CT molecular complexity index is 331. The molecule has 0 atom stereocenters. The third kappa shape index (κ3) is 4.95. The van der Waals surface area contributed by atoms with Gasteiger partial charge < -0.3 is 10.1 Å². The maximum Gasteiger partial charge on any atom is 0.407 e. The molecule has 1 fully saturated rings. The number of carbonyl (C=O) groups is 1. The predicted molar refractivity (Wildman–Crippen MR) is 70.0 cm³/mol. The van der Waals surface area contributed by atoms with E-state index in [1.54, 1.807) is 0 Å². The van der Waals surface area contributed by atoms with Crippen molar-refractivity contribution in [2.75, 3.05) is 0 Å². The molecule has 102 valence electrons. The summed E-state index contributed by atoms with van der Waals surface area (Å²) < 4.78 is 5.24. The molecule has 1 saturated carbocycles. The maximum absolute atomic E-state index is 11.6. The molecule has 0 heterocycles. The summed E-state index contributed by atoms with van der Waals surface area (Å²) in [4.78, 5) is 11.6. The fourth-order valence-electron chi connectivity index (χ4n) is 2.30. The third-order valence-corrected chi connectivity index (χ3v) is 3.42. The Morgan fingerprint density at radius 3 is 2.44 bits per heavy atom. The second-order valence-corrected chi connectivity index (χ2v) is 6.57. The summed E-state index contributed by atoms with van der Waals surface area (Å²) in [6, 6.07) is 2.44. The minimum Gasteiger partial charge on any atom is -0.444 e. The molecule has 0 aromatic rings. The van der Waals surface area contributed by atoms with Gasteiger partial charge >= 0.3 is 6.09 Å². The minimum atomic E-state index is -0.450. The van der Waals surface area contributed by atoms with E-state index in [9.17, 15) is 4.79 Å². The van der Waals surface area contributed by atoms with Crippen molar-refractivity contribution in [3.8, 4) is 6.07 Å². The molecule has 0 bridgehead atoms. The van der Waals surface area contributed by atoms with E-state index < -0.39 is 5.60 Å². The molecule has 1 aliphatic rings. The summed E-state index contributed by atoms with van der Waals surface area (Å²) in [5.74, 6) is 0. The summed E-state index contributed by atoms with van der Waals surface area (Å²) >= 11 is 0. The van der Waals surface area contributed by atoms with Crippen molar-refractivity contribution in [3.05, 3.63) is 0 Å². The van der Waals surface area contributed by atoms with Crippen LogP contribution >= 0.6 is 0 Å². The Morgan fingerprint density at radius 1 is 1.44 bits per heavy atom. The number of nitrogens with zero attached hydrogens (tertiary/aromatic N) is 1. The summed E-state index contributed by atoms with van der Waals surface area (Å²) in [6.07, 6.45) is 4.10. The van der Waals surface area contributed by atoms with Crippen LogP contribution in [0, 0.1) is 16.7 Å². The molecule has 0 radical (unpaired) electrons. The molecular weight excluding hydrogens is 228 g/mol. The van der Waals surface area contributed by atoms with Gasteiger partial charge in [-0.05, 0) is 51.9 Å². The van der Waals surface area contributed by atoms with E-state index in [1.807, 2.05) is 20.8 Å². The topological polar surface area (TPSA) is 62.1 Å². The van der Waals surface area contributed by atoms with Crippen LogP contribution in [0.5, 0.6) is 0 Å². The Hall–Kier alpha value is -1.24. The zero-order valence-electron chi connectivity index (χ0n) is 11.9. The van der Waals surface area contributed by atoms with Crippen LogP contribution in [0.4, 0.5) is 4.79 Å². The standard InChI is InChI=1S/C14H24N2O2/c1-13(2,3)18-12(17)16-11-5-7-14(4,8-6-11)9-10-15/h11H,5-9H2,1-4H3,(H,16,17)/t11-,14+. The van der Waals surface area contributed by atoms with Crippen molar-refractivity contribution in [2.24, 2.45) is 5.41 Å². The fourth-order valence-corrected chi connectivity index (χ4v) is 2.30. The van der Waals surface area contributed by atoms with Crippen LogP contribution in [-0.2, 0) is 4.74 Å². The van der Waals surface area contributed by atoms with Gasteiger partial charge in [-0.25, -0.2) is 4.79 Å². The largest absolute Gasteiger partial charge is 0.444 e. The molecule has 1 rings (SSSR count). The SMILES string of the molecule is CC(C)(C)OC(=O)N[C@H]1CC[C@@](C)(CC#N)CC1. The quantitative estimate of drug-likeness (QED) is 0.819. The van der Waals surface area contributed by atoms with Crippen LogP contribution in [0.15, 0.2) is 0 Å². The molecule has 1 N–H and O–H groups in total. The van der Waals surface area contributed by atoms with Crippen molar-refractivity contribution >= 4 is 6.09 Å². The average Bonchev–Trinajstić information content (AvgIpc) is 2.19. The van der Waals surface area contributed by atoms with E-state index in [-0.39, 0.29) is 17.6 Å². The van der Waals surface area contributed by atoms with Crippen LogP contribution < -0.4 is 5.32 Å². The van der Waals surface area contributed by atoms with E-state index in [4.69, 9.17) is 10.00 Å². The highest BCUT2D eigenvalue weighted by Crippen LogP contribution is 2.38. The lowest BCUT2D eigenvalue weighted by atomic mass is 9.72. The highest BCUT2D eigenvalue weighted by molar-refractivity contribution is 5.68. The average molecular weight is 252 g/mol. The number of rotatable bonds is 2. The first-order valence-electron chi connectivity index (χ1n) is 6.61. The Labute approximate surface area is 110 Å². The van der Waals surface area contributed by atoms with Crippen LogP contribution in [0.3, 0.4) is 0 Å². The molecule has 1 aliphatic carbocycles.